The SMILES string of the molecule is O=C1OC[C@H]2[C@]3(c4ccccc4)O[C@@](c4ccccc4)(c4ccccc43)[C@@]12F. The van der Waals surface area contributed by atoms with Gasteiger partial charge in [0.05, 0.1) is 5.92 Å². The smallest absolute Gasteiger partial charge is 0.348 e. The fraction of sp³-hybridized carbons (Fsp3) is 0.208. The van der Waals surface area contributed by atoms with Crippen LogP contribution in [0.1, 0.15) is 22.3 Å². The molecule has 4 atom stereocenters. The van der Waals surface area contributed by atoms with Gasteiger partial charge in [0.2, 0.25) is 0 Å². The monoisotopic (exact) mass is 372 g/mol. The summed E-state index contributed by atoms with van der Waals surface area (Å²) in [6, 6.07) is 26.5. The summed E-state index contributed by atoms with van der Waals surface area (Å²) in [5, 5.41) is 0. The molecule has 138 valence electrons. The van der Waals surface area contributed by atoms with Gasteiger partial charge in [0.1, 0.15) is 12.2 Å². The highest BCUT2D eigenvalue weighted by Crippen LogP contribution is 2.72. The van der Waals surface area contributed by atoms with Crippen molar-refractivity contribution < 1.29 is 18.7 Å². The van der Waals surface area contributed by atoms with Gasteiger partial charge in [-0.1, -0.05) is 84.9 Å². The number of esters is 1. The van der Waals surface area contributed by atoms with Gasteiger partial charge in [-0.3, -0.25) is 0 Å². The highest BCUT2D eigenvalue weighted by atomic mass is 19.1. The number of fused-ring (bicyclic) bond motifs is 8. The number of carbonyl (C=O) groups excluding carboxylic acids is 1. The summed E-state index contributed by atoms with van der Waals surface area (Å²) < 4.78 is 29.0. The summed E-state index contributed by atoms with van der Waals surface area (Å²) in [4.78, 5) is 12.9. The summed E-state index contributed by atoms with van der Waals surface area (Å²) in [5.41, 5.74) is -1.83. The first-order valence-corrected chi connectivity index (χ1v) is 9.43. The first-order chi connectivity index (χ1) is 13.7. The molecule has 3 heterocycles. The van der Waals surface area contributed by atoms with E-state index in [-0.39, 0.29) is 6.61 Å². The summed E-state index contributed by atoms with van der Waals surface area (Å²) in [5.74, 6) is -1.60. The molecule has 0 aliphatic carbocycles. The molecule has 2 bridgehead atoms. The largest absolute Gasteiger partial charge is 0.463 e. The van der Waals surface area contributed by atoms with Crippen LogP contribution in [0.15, 0.2) is 84.9 Å². The molecule has 0 N–H and O–H groups in total. The van der Waals surface area contributed by atoms with Gasteiger partial charge in [0.15, 0.2) is 5.60 Å². The molecule has 2 fully saturated rings. The minimum Gasteiger partial charge on any atom is -0.463 e. The van der Waals surface area contributed by atoms with Crippen LogP contribution in [0.25, 0.3) is 0 Å². The van der Waals surface area contributed by atoms with Gasteiger partial charge in [0.25, 0.3) is 5.67 Å². The van der Waals surface area contributed by atoms with Crippen molar-refractivity contribution in [3.8, 4) is 0 Å². The topological polar surface area (TPSA) is 35.5 Å². The zero-order valence-corrected chi connectivity index (χ0v) is 15.0. The number of alkyl halides is 1. The van der Waals surface area contributed by atoms with Gasteiger partial charge in [-0.2, -0.15) is 0 Å². The van der Waals surface area contributed by atoms with Crippen LogP contribution in [0, 0.1) is 5.92 Å². The quantitative estimate of drug-likeness (QED) is 0.636. The van der Waals surface area contributed by atoms with Crippen molar-refractivity contribution in [2.24, 2.45) is 5.92 Å². The van der Waals surface area contributed by atoms with Crippen molar-refractivity contribution in [2.45, 2.75) is 16.9 Å². The van der Waals surface area contributed by atoms with Crippen LogP contribution in [0.5, 0.6) is 0 Å². The number of hydrogen-bond acceptors (Lipinski definition) is 3. The Morgan fingerprint density at radius 2 is 1.36 bits per heavy atom. The van der Waals surface area contributed by atoms with E-state index in [1.807, 2.05) is 84.9 Å². The Labute approximate surface area is 161 Å². The van der Waals surface area contributed by atoms with E-state index in [1.54, 1.807) is 0 Å². The molecule has 3 aromatic carbocycles. The van der Waals surface area contributed by atoms with E-state index in [9.17, 15) is 4.79 Å². The van der Waals surface area contributed by atoms with Gasteiger partial charge in [-0.15, -0.1) is 0 Å². The van der Waals surface area contributed by atoms with E-state index in [2.05, 4.69) is 0 Å². The fourth-order valence-electron chi connectivity index (χ4n) is 5.50. The molecule has 2 saturated heterocycles. The van der Waals surface area contributed by atoms with E-state index in [0.29, 0.717) is 11.1 Å². The van der Waals surface area contributed by atoms with Crippen molar-refractivity contribution in [2.75, 3.05) is 6.61 Å². The lowest BCUT2D eigenvalue weighted by molar-refractivity contribution is -0.161. The third-order valence-corrected chi connectivity index (χ3v) is 6.56. The van der Waals surface area contributed by atoms with Gasteiger partial charge < -0.3 is 9.47 Å². The van der Waals surface area contributed by atoms with Crippen LogP contribution in [-0.4, -0.2) is 18.2 Å². The number of rotatable bonds is 2. The van der Waals surface area contributed by atoms with Crippen LogP contribution in [0.3, 0.4) is 0 Å². The average molecular weight is 372 g/mol. The number of cyclic esters (lactones) is 1. The van der Waals surface area contributed by atoms with E-state index < -0.39 is 28.8 Å². The lowest BCUT2D eigenvalue weighted by atomic mass is 9.60. The molecule has 0 spiro atoms. The normalized spacial score (nSPS) is 34.8. The zero-order chi connectivity index (χ0) is 19.0. The van der Waals surface area contributed by atoms with Crippen LogP contribution >= 0.6 is 0 Å². The Morgan fingerprint density at radius 1 is 0.786 bits per heavy atom. The average Bonchev–Trinajstić information content (AvgIpc) is 3.33. The van der Waals surface area contributed by atoms with Gasteiger partial charge in [0, 0.05) is 0 Å². The predicted molar refractivity (Wildman–Crippen MR) is 100 cm³/mol. The van der Waals surface area contributed by atoms with Gasteiger partial charge in [-0.05, 0) is 22.3 Å². The number of carbonyl (C=O) groups is 1. The summed E-state index contributed by atoms with van der Waals surface area (Å²) >= 11 is 0. The second-order valence-corrected chi connectivity index (χ2v) is 7.66. The third kappa shape index (κ3) is 1.51. The van der Waals surface area contributed by atoms with E-state index in [0.717, 1.165) is 11.1 Å². The van der Waals surface area contributed by atoms with E-state index in [1.165, 1.54) is 0 Å². The molecule has 0 saturated carbocycles. The van der Waals surface area contributed by atoms with Crippen molar-refractivity contribution >= 4 is 5.97 Å². The summed E-state index contributed by atoms with van der Waals surface area (Å²) in [6.07, 6.45) is 0. The summed E-state index contributed by atoms with van der Waals surface area (Å²) in [7, 11) is 0. The second kappa shape index (κ2) is 5.09. The standard InChI is InChI=1S/C24H17FO3/c25-23-20(15-27-21(23)26)22(16-9-3-1-4-10-16)18-13-7-8-14-19(18)24(23,28-22)17-11-5-2-6-12-17/h1-14,20H,15H2/t20-,22+,23-,24-/m0/s1. The van der Waals surface area contributed by atoms with Crippen LogP contribution in [0.2, 0.25) is 0 Å². The highest BCUT2D eigenvalue weighted by molar-refractivity contribution is 5.88. The maximum absolute atomic E-state index is 16.9. The Hall–Kier alpha value is -2.98. The number of hydrogen-bond donors (Lipinski definition) is 0. The molecule has 3 aliphatic heterocycles. The second-order valence-electron chi connectivity index (χ2n) is 7.66. The first-order valence-electron chi connectivity index (χ1n) is 9.43. The lowest BCUT2D eigenvalue weighted by Gasteiger charge is -2.38. The van der Waals surface area contributed by atoms with Crippen molar-refractivity contribution in [3.63, 3.8) is 0 Å². The van der Waals surface area contributed by atoms with Gasteiger partial charge >= 0.3 is 5.97 Å². The van der Waals surface area contributed by atoms with Crippen LogP contribution in [-0.2, 0) is 25.5 Å². The molecule has 3 nitrogen and oxygen atoms in total. The minimum absolute atomic E-state index is 0.00680. The van der Waals surface area contributed by atoms with Crippen LogP contribution in [0.4, 0.5) is 4.39 Å². The molecule has 6 rings (SSSR count). The Balaban J connectivity index is 1.77. The van der Waals surface area contributed by atoms with E-state index >= 15 is 4.39 Å². The molecule has 3 aliphatic rings. The Morgan fingerprint density at radius 3 is 2.04 bits per heavy atom. The molecule has 0 unspecified atom stereocenters. The lowest BCUT2D eigenvalue weighted by Crippen LogP contribution is -2.54. The van der Waals surface area contributed by atoms with Crippen molar-refractivity contribution in [3.05, 3.63) is 107 Å². The Bertz CT molecular complexity index is 1100. The molecule has 4 heteroatoms. The molecule has 0 radical (unpaired) electrons. The maximum Gasteiger partial charge on any atom is 0.348 e. The van der Waals surface area contributed by atoms with Crippen molar-refractivity contribution in [1.29, 1.82) is 0 Å². The molecule has 0 amide bonds. The number of benzene rings is 3. The highest BCUT2D eigenvalue weighted by Gasteiger charge is 2.84. The maximum atomic E-state index is 16.9. The molecule has 3 aromatic rings. The van der Waals surface area contributed by atoms with E-state index in [4.69, 9.17) is 9.47 Å². The zero-order valence-electron chi connectivity index (χ0n) is 15.0. The van der Waals surface area contributed by atoms with Crippen molar-refractivity contribution in [1.82, 2.24) is 0 Å². The molecule has 28 heavy (non-hydrogen) atoms. The molecule has 0 aromatic heterocycles. The third-order valence-electron chi connectivity index (χ3n) is 6.56. The fourth-order valence-corrected chi connectivity index (χ4v) is 5.50. The summed E-state index contributed by atoms with van der Waals surface area (Å²) in [6.45, 7) is -0.00680. The minimum atomic E-state index is -2.29. The first kappa shape index (κ1) is 16.0. The predicted octanol–water partition coefficient (Wildman–Crippen LogP) is 4.10. The molecular weight excluding hydrogens is 355 g/mol. The molecular formula is C24H17FO3. The number of halogens is 1. The Kier molecular flexibility index (Phi) is 2.91. The van der Waals surface area contributed by atoms with Gasteiger partial charge in [-0.25, -0.2) is 9.18 Å². The number of ether oxygens (including phenoxy) is 2. The van der Waals surface area contributed by atoms with Crippen LogP contribution < -0.4 is 0 Å².